The van der Waals surface area contributed by atoms with Crippen molar-refractivity contribution in [2.45, 2.75) is 32.2 Å². The van der Waals surface area contributed by atoms with Gasteiger partial charge in [-0.05, 0) is 30.5 Å². The van der Waals surface area contributed by atoms with Crippen molar-refractivity contribution in [3.05, 3.63) is 29.8 Å². The second-order valence-electron chi connectivity index (χ2n) is 5.82. The quantitative estimate of drug-likeness (QED) is 0.448. The largest absolute Gasteiger partial charge is 0.352 e. The third-order valence-corrected chi connectivity index (χ3v) is 3.78. The molecule has 3 rings (SSSR count). The molecule has 1 heterocycles. The second kappa shape index (κ2) is 6.48. The van der Waals surface area contributed by atoms with Crippen molar-refractivity contribution in [2.24, 2.45) is 16.0 Å². The monoisotopic (exact) mass is 310 g/mol. The van der Waals surface area contributed by atoms with Crippen LogP contribution in [0.2, 0.25) is 0 Å². The summed E-state index contributed by atoms with van der Waals surface area (Å²) >= 11 is 0. The number of benzene rings is 1. The summed E-state index contributed by atoms with van der Waals surface area (Å²) in [6.45, 7) is 1.99. The number of nitrogens with one attached hydrogen (secondary N) is 3. The molecule has 1 aromatic rings. The second-order valence-corrected chi connectivity index (χ2v) is 5.82. The van der Waals surface area contributed by atoms with Crippen LogP contribution in [0.1, 0.15) is 31.7 Å². The lowest BCUT2D eigenvalue weighted by Crippen LogP contribution is -2.32. The molecule has 0 radical (unpaired) electrons. The molecule has 1 aliphatic heterocycles. The van der Waals surface area contributed by atoms with Crippen molar-refractivity contribution >= 4 is 23.3 Å². The van der Waals surface area contributed by atoms with E-state index in [1.807, 2.05) is 31.2 Å². The highest BCUT2D eigenvalue weighted by molar-refractivity contribution is 6.06. The molecule has 0 bridgehead atoms. The Kier molecular flexibility index (Phi) is 4.24. The Balaban J connectivity index is 1.70. The molecule has 7 heteroatoms. The Morgan fingerprint density at radius 3 is 2.74 bits per heavy atom. The van der Waals surface area contributed by atoms with Crippen molar-refractivity contribution in [3.8, 4) is 6.19 Å². The van der Waals surface area contributed by atoms with Crippen LogP contribution in [0.5, 0.6) is 0 Å². The summed E-state index contributed by atoms with van der Waals surface area (Å²) in [7, 11) is 0. The standard InChI is InChI=1S/C16H18N6O/c1-10-8-14(23)21-22-15(10)11-2-4-12(5-3-11)19-16(18-9-17)20-13-6-7-13/h2-5,10,13H,6-8H2,1H3,(H,21,23)(H2,18,19,20). The van der Waals surface area contributed by atoms with E-state index in [1.165, 1.54) is 0 Å². The molecule has 2 aliphatic rings. The number of hydrazone groups is 1. The molecule has 3 N–H and O–H groups in total. The highest BCUT2D eigenvalue weighted by Crippen LogP contribution is 2.20. The number of carbonyl (C=O) groups excluding carboxylic acids is 1. The molecule has 1 aliphatic carbocycles. The van der Waals surface area contributed by atoms with Gasteiger partial charge in [-0.15, -0.1) is 4.99 Å². The summed E-state index contributed by atoms with van der Waals surface area (Å²) in [5.41, 5.74) is 5.20. The molecule has 1 atom stereocenters. The number of rotatable bonds is 3. The van der Waals surface area contributed by atoms with Crippen LogP contribution in [0.3, 0.4) is 0 Å². The van der Waals surface area contributed by atoms with Gasteiger partial charge in [-0.25, -0.2) is 5.43 Å². The third-order valence-electron chi connectivity index (χ3n) is 3.78. The maximum Gasteiger partial charge on any atom is 0.240 e. The number of anilines is 1. The number of hydrogen-bond acceptors (Lipinski definition) is 4. The normalized spacial score (nSPS) is 21.0. The van der Waals surface area contributed by atoms with Gasteiger partial charge >= 0.3 is 0 Å². The number of hydrogen-bond donors (Lipinski definition) is 3. The zero-order valence-electron chi connectivity index (χ0n) is 12.8. The van der Waals surface area contributed by atoms with Gasteiger partial charge in [0.05, 0.1) is 5.71 Å². The zero-order chi connectivity index (χ0) is 16.2. The molecular weight excluding hydrogens is 292 g/mol. The number of aliphatic imine (C=N–C) groups is 1. The number of amides is 1. The number of nitriles is 1. The van der Waals surface area contributed by atoms with E-state index in [0.717, 1.165) is 29.8 Å². The van der Waals surface area contributed by atoms with Crippen LogP contribution in [0.4, 0.5) is 5.69 Å². The summed E-state index contributed by atoms with van der Waals surface area (Å²) in [5.74, 6) is 0.510. The SMILES string of the molecule is CC1CC(=O)NN=C1c1ccc(NC(=NC#N)NC2CC2)cc1. The van der Waals surface area contributed by atoms with Crippen molar-refractivity contribution in [1.82, 2.24) is 10.7 Å². The molecule has 0 saturated heterocycles. The summed E-state index contributed by atoms with van der Waals surface area (Å²) in [4.78, 5) is 15.1. The van der Waals surface area contributed by atoms with Crippen molar-refractivity contribution in [1.29, 1.82) is 5.26 Å². The Morgan fingerprint density at radius 1 is 1.39 bits per heavy atom. The molecule has 23 heavy (non-hydrogen) atoms. The van der Waals surface area contributed by atoms with E-state index in [0.29, 0.717) is 18.4 Å². The van der Waals surface area contributed by atoms with E-state index >= 15 is 0 Å². The Bertz CT molecular complexity index is 696. The first-order valence-electron chi connectivity index (χ1n) is 7.63. The van der Waals surface area contributed by atoms with Crippen LogP contribution < -0.4 is 16.1 Å². The lowest BCUT2D eigenvalue weighted by Gasteiger charge is -2.19. The highest BCUT2D eigenvalue weighted by atomic mass is 16.2. The van der Waals surface area contributed by atoms with E-state index in [9.17, 15) is 4.79 Å². The number of carbonyl (C=O) groups is 1. The minimum Gasteiger partial charge on any atom is -0.352 e. The maximum atomic E-state index is 11.3. The molecule has 0 spiro atoms. The van der Waals surface area contributed by atoms with E-state index in [1.54, 1.807) is 6.19 Å². The topological polar surface area (TPSA) is 102 Å². The van der Waals surface area contributed by atoms with E-state index in [4.69, 9.17) is 5.26 Å². The molecule has 7 nitrogen and oxygen atoms in total. The van der Waals surface area contributed by atoms with Crippen molar-refractivity contribution < 1.29 is 4.79 Å². The predicted molar refractivity (Wildman–Crippen MR) is 87.7 cm³/mol. The lowest BCUT2D eigenvalue weighted by molar-refractivity contribution is -0.121. The van der Waals surface area contributed by atoms with Gasteiger partial charge in [0.25, 0.3) is 0 Å². The van der Waals surface area contributed by atoms with Gasteiger partial charge in [-0.1, -0.05) is 19.1 Å². The van der Waals surface area contributed by atoms with Gasteiger partial charge in [0.15, 0.2) is 0 Å². The van der Waals surface area contributed by atoms with Crippen LogP contribution in [0.25, 0.3) is 0 Å². The average Bonchev–Trinajstić information content (AvgIpc) is 3.33. The van der Waals surface area contributed by atoms with E-state index < -0.39 is 0 Å². The smallest absolute Gasteiger partial charge is 0.240 e. The molecular formula is C16H18N6O. The van der Waals surface area contributed by atoms with Crippen LogP contribution in [-0.2, 0) is 4.79 Å². The van der Waals surface area contributed by atoms with Gasteiger partial charge in [-0.2, -0.15) is 10.4 Å². The Labute approximate surface area is 134 Å². The molecule has 1 saturated carbocycles. The lowest BCUT2D eigenvalue weighted by atomic mass is 9.94. The average molecular weight is 310 g/mol. The van der Waals surface area contributed by atoms with E-state index in [2.05, 4.69) is 26.2 Å². The fraction of sp³-hybridized carbons (Fsp3) is 0.375. The van der Waals surface area contributed by atoms with Crippen LogP contribution in [0, 0.1) is 17.4 Å². The summed E-state index contributed by atoms with van der Waals surface area (Å²) in [6, 6.07) is 8.10. The van der Waals surface area contributed by atoms with Crippen molar-refractivity contribution in [3.63, 3.8) is 0 Å². The molecule has 1 aromatic carbocycles. The van der Waals surface area contributed by atoms with Gasteiger partial charge in [0, 0.05) is 24.1 Å². The third kappa shape index (κ3) is 3.86. The minimum atomic E-state index is -0.0527. The molecule has 118 valence electrons. The first kappa shape index (κ1) is 15.0. The Morgan fingerprint density at radius 2 is 2.13 bits per heavy atom. The van der Waals surface area contributed by atoms with E-state index in [-0.39, 0.29) is 11.8 Å². The van der Waals surface area contributed by atoms with Crippen LogP contribution >= 0.6 is 0 Å². The number of guanidine groups is 1. The first-order chi connectivity index (χ1) is 11.2. The number of nitrogens with zero attached hydrogens (tertiary/aromatic N) is 3. The molecule has 1 unspecified atom stereocenters. The van der Waals surface area contributed by atoms with Gasteiger partial charge in [-0.3, -0.25) is 4.79 Å². The molecule has 1 fully saturated rings. The summed E-state index contributed by atoms with van der Waals surface area (Å²) in [5, 5.41) is 19.2. The van der Waals surface area contributed by atoms with Gasteiger partial charge in [0.2, 0.25) is 18.1 Å². The first-order valence-corrected chi connectivity index (χ1v) is 7.63. The van der Waals surface area contributed by atoms with Crippen molar-refractivity contribution in [2.75, 3.05) is 5.32 Å². The van der Waals surface area contributed by atoms with Crippen LogP contribution in [0.15, 0.2) is 34.4 Å². The fourth-order valence-electron chi connectivity index (χ4n) is 2.43. The molecule has 0 aromatic heterocycles. The summed E-state index contributed by atoms with van der Waals surface area (Å²) in [6.07, 6.45) is 4.46. The summed E-state index contributed by atoms with van der Waals surface area (Å²) < 4.78 is 0. The zero-order valence-corrected chi connectivity index (χ0v) is 12.8. The van der Waals surface area contributed by atoms with Crippen LogP contribution in [-0.4, -0.2) is 23.6 Å². The molecule has 1 amide bonds. The maximum absolute atomic E-state index is 11.3. The highest BCUT2D eigenvalue weighted by Gasteiger charge is 2.23. The van der Waals surface area contributed by atoms with Gasteiger partial charge in [0.1, 0.15) is 0 Å². The fourth-order valence-corrected chi connectivity index (χ4v) is 2.43. The van der Waals surface area contributed by atoms with Gasteiger partial charge < -0.3 is 10.6 Å². The Hall–Kier alpha value is -2.88. The minimum absolute atomic E-state index is 0.0527. The predicted octanol–water partition coefficient (Wildman–Crippen LogP) is 1.55.